The van der Waals surface area contributed by atoms with Gasteiger partial charge in [-0.1, -0.05) is 73.1 Å². The molecule has 162 valence electrons. The van der Waals surface area contributed by atoms with E-state index in [-0.39, 0.29) is 23.3 Å². The van der Waals surface area contributed by atoms with Gasteiger partial charge in [0.2, 0.25) is 5.91 Å². The van der Waals surface area contributed by atoms with Crippen LogP contribution >= 0.6 is 11.6 Å². The Balaban J connectivity index is 1.85. The largest absolute Gasteiger partial charge is 0.354 e. The Hall–Kier alpha value is -2.83. The zero-order valence-corrected chi connectivity index (χ0v) is 19.0. The van der Waals surface area contributed by atoms with Crippen molar-refractivity contribution in [3.63, 3.8) is 0 Å². The van der Waals surface area contributed by atoms with Gasteiger partial charge >= 0.3 is 0 Å². The van der Waals surface area contributed by atoms with E-state index in [2.05, 4.69) is 5.32 Å². The zero-order chi connectivity index (χ0) is 22.4. The molecule has 0 spiro atoms. The Bertz CT molecular complexity index is 1140. The molecule has 0 radical (unpaired) electrons. The minimum absolute atomic E-state index is 0.0947. The van der Waals surface area contributed by atoms with Crippen LogP contribution in [0.2, 0.25) is 5.02 Å². The first-order valence-corrected chi connectivity index (χ1v) is 11.8. The van der Waals surface area contributed by atoms with Crippen LogP contribution in [0, 0.1) is 6.92 Å². The fourth-order valence-corrected chi connectivity index (χ4v) is 4.91. The van der Waals surface area contributed by atoms with Crippen LogP contribution in [0.5, 0.6) is 0 Å². The van der Waals surface area contributed by atoms with E-state index >= 15 is 0 Å². The number of hydrogen-bond donors (Lipinski definition) is 1. The Morgan fingerprint density at radius 3 is 2.23 bits per heavy atom. The Morgan fingerprint density at radius 1 is 0.968 bits per heavy atom. The first-order chi connectivity index (χ1) is 14.8. The van der Waals surface area contributed by atoms with Crippen molar-refractivity contribution >= 4 is 33.2 Å². The van der Waals surface area contributed by atoms with Crippen LogP contribution < -0.4 is 9.62 Å². The molecule has 0 heterocycles. The summed E-state index contributed by atoms with van der Waals surface area (Å²) in [7, 11) is -3.97. The molecule has 0 saturated heterocycles. The van der Waals surface area contributed by atoms with Gasteiger partial charge in [0.25, 0.3) is 10.0 Å². The summed E-state index contributed by atoms with van der Waals surface area (Å²) in [5.74, 6) is -0.293. The second-order valence-electron chi connectivity index (χ2n) is 7.32. The molecule has 1 N–H and O–H groups in total. The van der Waals surface area contributed by atoms with Crippen LogP contribution in [-0.4, -0.2) is 27.4 Å². The maximum atomic E-state index is 13.4. The first kappa shape index (κ1) is 22.8. The number of nitrogens with one attached hydrogen (secondary N) is 1. The Morgan fingerprint density at radius 2 is 1.58 bits per heavy atom. The minimum atomic E-state index is -3.97. The molecule has 3 aromatic carbocycles. The van der Waals surface area contributed by atoms with Gasteiger partial charge in [0.05, 0.1) is 10.6 Å². The number of halogens is 1. The number of sulfonamides is 1. The van der Waals surface area contributed by atoms with E-state index in [4.69, 9.17) is 11.6 Å². The molecule has 3 aromatic rings. The van der Waals surface area contributed by atoms with Crippen molar-refractivity contribution in [2.45, 2.75) is 24.7 Å². The lowest BCUT2D eigenvalue weighted by Gasteiger charge is -2.26. The fourth-order valence-electron chi connectivity index (χ4n) is 3.24. The summed E-state index contributed by atoms with van der Waals surface area (Å²) in [6.45, 7) is 3.80. The van der Waals surface area contributed by atoms with E-state index in [1.165, 1.54) is 12.1 Å². The molecule has 0 saturated carbocycles. The van der Waals surface area contributed by atoms with Gasteiger partial charge in [0, 0.05) is 11.6 Å². The predicted molar refractivity (Wildman–Crippen MR) is 125 cm³/mol. The predicted octanol–water partition coefficient (Wildman–Crippen LogP) is 4.76. The highest BCUT2D eigenvalue weighted by molar-refractivity contribution is 7.92. The smallest absolute Gasteiger partial charge is 0.264 e. The third-order valence-corrected chi connectivity index (χ3v) is 7.28. The third kappa shape index (κ3) is 5.46. The van der Waals surface area contributed by atoms with Gasteiger partial charge < -0.3 is 5.32 Å². The summed E-state index contributed by atoms with van der Waals surface area (Å²) >= 11 is 6.24. The van der Waals surface area contributed by atoms with Gasteiger partial charge in [-0.15, -0.1) is 0 Å². The van der Waals surface area contributed by atoms with Gasteiger partial charge in [-0.3, -0.25) is 9.10 Å². The molecule has 0 aromatic heterocycles. The number of hydrogen-bond acceptors (Lipinski definition) is 3. The number of carbonyl (C=O) groups excluding carboxylic acids is 1. The highest BCUT2D eigenvalue weighted by Gasteiger charge is 2.28. The van der Waals surface area contributed by atoms with E-state index < -0.39 is 10.0 Å². The SMILES string of the molecule is Cc1c(Cl)cccc1N(CC(=O)NC[C@@H](C)c1ccccc1)S(=O)(=O)c1ccccc1. The molecule has 0 bridgehead atoms. The lowest BCUT2D eigenvalue weighted by molar-refractivity contribution is -0.119. The van der Waals surface area contributed by atoms with E-state index in [0.29, 0.717) is 22.8 Å². The third-order valence-electron chi connectivity index (χ3n) is 5.10. The molecular formula is C24H25ClN2O3S. The number of nitrogens with zero attached hydrogens (tertiary/aromatic N) is 1. The number of carbonyl (C=O) groups is 1. The molecule has 1 amide bonds. The summed E-state index contributed by atoms with van der Waals surface area (Å²) < 4.78 is 27.9. The molecule has 0 fully saturated rings. The van der Waals surface area contributed by atoms with Gasteiger partial charge in [0.1, 0.15) is 6.54 Å². The summed E-state index contributed by atoms with van der Waals surface area (Å²) in [6, 6.07) is 22.9. The fraction of sp³-hybridized carbons (Fsp3) is 0.208. The number of benzene rings is 3. The van der Waals surface area contributed by atoms with Crippen LogP contribution in [0.4, 0.5) is 5.69 Å². The van der Waals surface area contributed by atoms with Crippen molar-refractivity contribution in [2.24, 2.45) is 0 Å². The summed E-state index contributed by atoms with van der Waals surface area (Å²) in [4.78, 5) is 12.9. The Labute approximate surface area is 188 Å². The summed E-state index contributed by atoms with van der Waals surface area (Å²) in [5.41, 5.74) is 2.07. The van der Waals surface area contributed by atoms with Crippen molar-refractivity contribution in [3.8, 4) is 0 Å². The van der Waals surface area contributed by atoms with E-state index in [9.17, 15) is 13.2 Å². The lowest BCUT2D eigenvalue weighted by atomic mass is 10.0. The van der Waals surface area contributed by atoms with Crippen LogP contribution in [-0.2, 0) is 14.8 Å². The van der Waals surface area contributed by atoms with E-state index in [1.54, 1.807) is 43.3 Å². The van der Waals surface area contributed by atoms with E-state index in [0.717, 1.165) is 9.87 Å². The second-order valence-corrected chi connectivity index (χ2v) is 9.59. The molecule has 5 nitrogen and oxygen atoms in total. The first-order valence-electron chi connectivity index (χ1n) is 9.95. The highest BCUT2D eigenvalue weighted by atomic mass is 35.5. The molecular weight excluding hydrogens is 432 g/mol. The maximum Gasteiger partial charge on any atom is 0.264 e. The molecule has 3 rings (SSSR count). The van der Waals surface area contributed by atoms with Crippen LogP contribution in [0.3, 0.4) is 0 Å². The molecule has 0 unspecified atom stereocenters. The topological polar surface area (TPSA) is 66.5 Å². The summed E-state index contributed by atoms with van der Waals surface area (Å²) in [6.07, 6.45) is 0. The lowest BCUT2D eigenvalue weighted by Crippen LogP contribution is -2.42. The van der Waals surface area contributed by atoms with Crippen LogP contribution in [0.1, 0.15) is 24.0 Å². The zero-order valence-electron chi connectivity index (χ0n) is 17.5. The number of rotatable bonds is 8. The van der Waals surface area contributed by atoms with Crippen molar-refractivity contribution in [1.29, 1.82) is 0 Å². The van der Waals surface area contributed by atoms with E-state index in [1.807, 2.05) is 37.3 Å². The van der Waals surface area contributed by atoms with Gasteiger partial charge in [-0.25, -0.2) is 8.42 Å². The number of anilines is 1. The van der Waals surface area contributed by atoms with Gasteiger partial charge in [0.15, 0.2) is 0 Å². The molecule has 7 heteroatoms. The van der Waals surface area contributed by atoms with Gasteiger partial charge in [-0.2, -0.15) is 0 Å². The van der Waals surface area contributed by atoms with Crippen molar-refractivity contribution < 1.29 is 13.2 Å². The molecule has 0 aliphatic carbocycles. The quantitative estimate of drug-likeness (QED) is 0.531. The highest BCUT2D eigenvalue weighted by Crippen LogP contribution is 2.30. The van der Waals surface area contributed by atoms with Gasteiger partial charge in [-0.05, 0) is 48.2 Å². The Kier molecular flexibility index (Phi) is 7.36. The maximum absolute atomic E-state index is 13.4. The standard InChI is InChI=1S/C24H25ClN2O3S/c1-18(20-10-5-3-6-11-20)16-26-24(28)17-27(23-15-9-14-22(25)19(23)2)31(29,30)21-12-7-4-8-13-21/h3-15,18H,16-17H2,1-2H3,(H,26,28)/t18-/m1/s1. The average molecular weight is 457 g/mol. The second kappa shape index (κ2) is 9.98. The molecule has 0 aliphatic rings. The molecule has 0 aliphatic heterocycles. The molecule has 31 heavy (non-hydrogen) atoms. The van der Waals surface area contributed by atoms with Crippen LogP contribution in [0.15, 0.2) is 83.8 Å². The number of amides is 1. The molecule has 1 atom stereocenters. The monoisotopic (exact) mass is 456 g/mol. The van der Waals surface area contributed by atoms with Crippen LogP contribution in [0.25, 0.3) is 0 Å². The average Bonchev–Trinajstić information content (AvgIpc) is 2.79. The van der Waals surface area contributed by atoms with Crippen molar-refractivity contribution in [2.75, 3.05) is 17.4 Å². The van der Waals surface area contributed by atoms with Crippen molar-refractivity contribution in [1.82, 2.24) is 5.32 Å². The summed E-state index contributed by atoms with van der Waals surface area (Å²) in [5, 5.41) is 3.29. The minimum Gasteiger partial charge on any atom is -0.354 e. The normalized spacial score (nSPS) is 12.2. The van der Waals surface area contributed by atoms with Crippen molar-refractivity contribution in [3.05, 3.63) is 95.0 Å².